The summed E-state index contributed by atoms with van der Waals surface area (Å²) in [6.07, 6.45) is 2.76. The second kappa shape index (κ2) is 5.87. The fraction of sp³-hybridized carbons (Fsp3) is 0.267. The highest BCUT2D eigenvalue weighted by Gasteiger charge is 2.04. The van der Waals surface area contributed by atoms with Gasteiger partial charge >= 0.3 is 0 Å². The van der Waals surface area contributed by atoms with Crippen molar-refractivity contribution in [3.8, 4) is 0 Å². The zero-order valence-electron chi connectivity index (χ0n) is 10.4. The highest BCUT2D eigenvalue weighted by Crippen LogP contribution is 2.15. The predicted molar refractivity (Wildman–Crippen MR) is 75.2 cm³/mol. The molecule has 2 nitrogen and oxygen atoms in total. The molecule has 0 atom stereocenters. The van der Waals surface area contributed by atoms with Crippen LogP contribution in [0.3, 0.4) is 0 Å². The van der Waals surface area contributed by atoms with Crippen LogP contribution in [0.4, 0.5) is 0 Å². The summed E-state index contributed by atoms with van der Waals surface area (Å²) in [6.45, 7) is 2.73. The summed E-state index contributed by atoms with van der Waals surface area (Å²) in [5, 5.41) is 0. The average Bonchev–Trinajstić information content (AvgIpc) is 2.41. The van der Waals surface area contributed by atoms with Gasteiger partial charge in [-0.25, -0.2) is 0 Å². The Labute approximate surface area is 112 Å². The van der Waals surface area contributed by atoms with Crippen LogP contribution >= 0.6 is 11.6 Å². The van der Waals surface area contributed by atoms with Crippen LogP contribution < -0.4 is 5.56 Å². The molecule has 0 amide bonds. The molecule has 0 saturated carbocycles. The van der Waals surface area contributed by atoms with E-state index < -0.39 is 0 Å². The average molecular weight is 262 g/mol. The van der Waals surface area contributed by atoms with Crippen LogP contribution in [-0.4, -0.2) is 4.57 Å². The van der Waals surface area contributed by atoms with E-state index in [1.54, 1.807) is 16.7 Å². The molecule has 0 unspecified atom stereocenters. The van der Waals surface area contributed by atoms with E-state index in [-0.39, 0.29) is 5.56 Å². The maximum Gasteiger partial charge on any atom is 0.250 e. The minimum atomic E-state index is 0.0287. The summed E-state index contributed by atoms with van der Waals surface area (Å²) >= 11 is 5.84. The van der Waals surface area contributed by atoms with Crippen molar-refractivity contribution in [2.45, 2.75) is 25.8 Å². The molecule has 1 heterocycles. The minimum Gasteiger partial charge on any atom is -0.311 e. The van der Waals surface area contributed by atoms with Gasteiger partial charge in [0.1, 0.15) is 0 Å². The summed E-state index contributed by atoms with van der Waals surface area (Å²) in [7, 11) is 0. The van der Waals surface area contributed by atoms with Crippen LogP contribution in [0.25, 0.3) is 0 Å². The van der Waals surface area contributed by atoms with Crippen LogP contribution in [0.2, 0.25) is 0 Å². The Morgan fingerprint density at radius 1 is 1.17 bits per heavy atom. The van der Waals surface area contributed by atoms with Crippen molar-refractivity contribution in [1.82, 2.24) is 4.57 Å². The summed E-state index contributed by atoms with van der Waals surface area (Å²) in [5.74, 6) is 0.526. The van der Waals surface area contributed by atoms with Crippen molar-refractivity contribution in [2.75, 3.05) is 0 Å². The van der Waals surface area contributed by atoms with Crippen LogP contribution in [-0.2, 0) is 18.8 Å². The Balaban J connectivity index is 2.35. The number of hydrogen-bond acceptors (Lipinski definition) is 1. The first-order valence-electron chi connectivity index (χ1n) is 6.06. The van der Waals surface area contributed by atoms with Gasteiger partial charge in [0.05, 0.1) is 6.54 Å². The molecule has 18 heavy (non-hydrogen) atoms. The predicted octanol–water partition coefficient (Wildman–Crippen LogP) is 3.20. The fourth-order valence-electron chi connectivity index (χ4n) is 2.02. The van der Waals surface area contributed by atoms with Crippen LogP contribution in [0.5, 0.6) is 0 Å². The smallest absolute Gasteiger partial charge is 0.250 e. The first-order valence-corrected chi connectivity index (χ1v) is 6.60. The Morgan fingerprint density at radius 2 is 2.00 bits per heavy atom. The van der Waals surface area contributed by atoms with Gasteiger partial charge in [-0.15, -0.1) is 11.6 Å². The third-order valence-corrected chi connectivity index (χ3v) is 3.35. The quantitative estimate of drug-likeness (QED) is 0.775. The fourth-order valence-corrected chi connectivity index (χ4v) is 2.19. The molecule has 0 aliphatic rings. The summed E-state index contributed by atoms with van der Waals surface area (Å²) in [4.78, 5) is 11.7. The van der Waals surface area contributed by atoms with E-state index >= 15 is 0 Å². The highest BCUT2D eigenvalue weighted by molar-refractivity contribution is 6.17. The van der Waals surface area contributed by atoms with Gasteiger partial charge in [-0.05, 0) is 29.2 Å². The number of aromatic nitrogens is 1. The SMILES string of the molecule is CCc1cc(CCl)ccc1Cn1ccccc1=O. The van der Waals surface area contributed by atoms with Crippen molar-refractivity contribution in [3.05, 3.63) is 69.6 Å². The van der Waals surface area contributed by atoms with Crippen molar-refractivity contribution in [1.29, 1.82) is 0 Å². The molecule has 2 rings (SSSR count). The molecule has 1 aromatic carbocycles. The van der Waals surface area contributed by atoms with E-state index in [2.05, 4.69) is 19.1 Å². The molecular weight excluding hydrogens is 246 g/mol. The van der Waals surface area contributed by atoms with E-state index in [1.165, 1.54) is 11.1 Å². The second-order valence-corrected chi connectivity index (χ2v) is 4.52. The number of rotatable bonds is 4. The summed E-state index contributed by atoms with van der Waals surface area (Å²) < 4.78 is 1.72. The molecule has 0 fully saturated rings. The van der Waals surface area contributed by atoms with Crippen molar-refractivity contribution in [3.63, 3.8) is 0 Å². The molecule has 0 spiro atoms. The molecule has 0 saturated heterocycles. The largest absolute Gasteiger partial charge is 0.311 e. The monoisotopic (exact) mass is 261 g/mol. The maximum absolute atomic E-state index is 11.7. The molecular formula is C15H16ClNO. The lowest BCUT2D eigenvalue weighted by atomic mass is 10.0. The zero-order chi connectivity index (χ0) is 13.0. The lowest BCUT2D eigenvalue weighted by molar-refractivity contribution is 0.751. The molecule has 2 aromatic rings. The van der Waals surface area contributed by atoms with E-state index in [0.29, 0.717) is 12.4 Å². The molecule has 0 aliphatic heterocycles. The Hall–Kier alpha value is -1.54. The van der Waals surface area contributed by atoms with Gasteiger partial charge < -0.3 is 4.57 Å². The Morgan fingerprint density at radius 3 is 2.67 bits per heavy atom. The van der Waals surface area contributed by atoms with E-state index in [4.69, 9.17) is 11.6 Å². The standard InChI is InChI=1S/C15H16ClNO/c1-2-13-9-12(10-16)6-7-14(13)11-17-8-4-3-5-15(17)18/h3-9H,2,10-11H2,1H3. The number of nitrogens with zero attached hydrogens (tertiary/aromatic N) is 1. The van der Waals surface area contributed by atoms with Crippen molar-refractivity contribution in [2.24, 2.45) is 0 Å². The molecule has 1 aromatic heterocycles. The summed E-state index contributed by atoms with van der Waals surface area (Å²) in [5.41, 5.74) is 3.59. The lowest BCUT2D eigenvalue weighted by Gasteiger charge is -2.11. The number of pyridine rings is 1. The normalized spacial score (nSPS) is 10.6. The molecule has 0 radical (unpaired) electrons. The summed E-state index contributed by atoms with van der Waals surface area (Å²) in [6, 6.07) is 11.4. The topological polar surface area (TPSA) is 22.0 Å². The number of hydrogen-bond donors (Lipinski definition) is 0. The maximum atomic E-state index is 11.7. The van der Waals surface area contributed by atoms with Crippen LogP contribution in [0.1, 0.15) is 23.6 Å². The van der Waals surface area contributed by atoms with E-state index in [0.717, 1.165) is 12.0 Å². The highest BCUT2D eigenvalue weighted by atomic mass is 35.5. The molecule has 3 heteroatoms. The van der Waals surface area contributed by atoms with Gasteiger partial charge in [0, 0.05) is 18.1 Å². The third kappa shape index (κ3) is 2.82. The van der Waals surface area contributed by atoms with Crippen LogP contribution in [0, 0.1) is 0 Å². The third-order valence-electron chi connectivity index (χ3n) is 3.05. The van der Waals surface area contributed by atoms with Gasteiger partial charge in [0.15, 0.2) is 0 Å². The number of aryl methyl sites for hydroxylation is 1. The number of alkyl halides is 1. The zero-order valence-corrected chi connectivity index (χ0v) is 11.2. The van der Waals surface area contributed by atoms with Crippen molar-refractivity contribution < 1.29 is 0 Å². The number of benzene rings is 1. The van der Waals surface area contributed by atoms with Crippen molar-refractivity contribution >= 4 is 11.6 Å². The van der Waals surface area contributed by atoms with Gasteiger partial charge in [0.2, 0.25) is 0 Å². The van der Waals surface area contributed by atoms with Gasteiger partial charge in [-0.1, -0.05) is 31.2 Å². The number of halogens is 1. The Bertz CT molecular complexity index is 589. The molecule has 0 N–H and O–H groups in total. The van der Waals surface area contributed by atoms with E-state index in [1.807, 2.05) is 18.3 Å². The first kappa shape index (κ1) is 12.9. The lowest BCUT2D eigenvalue weighted by Crippen LogP contribution is -2.19. The van der Waals surface area contributed by atoms with Gasteiger partial charge in [-0.2, -0.15) is 0 Å². The van der Waals surface area contributed by atoms with Gasteiger partial charge in [0.25, 0.3) is 5.56 Å². The Kier molecular flexibility index (Phi) is 4.21. The molecule has 0 bridgehead atoms. The van der Waals surface area contributed by atoms with Crippen LogP contribution in [0.15, 0.2) is 47.4 Å². The molecule has 94 valence electrons. The second-order valence-electron chi connectivity index (χ2n) is 4.26. The minimum absolute atomic E-state index is 0.0287. The molecule has 0 aliphatic carbocycles. The van der Waals surface area contributed by atoms with Gasteiger partial charge in [-0.3, -0.25) is 4.79 Å². The first-order chi connectivity index (χ1) is 8.74. The van der Waals surface area contributed by atoms with E-state index in [9.17, 15) is 4.79 Å².